The Bertz CT molecular complexity index is 866. The second kappa shape index (κ2) is 7.99. The molecule has 1 aliphatic heterocycles. The van der Waals surface area contributed by atoms with Gasteiger partial charge >= 0.3 is 0 Å². The summed E-state index contributed by atoms with van der Waals surface area (Å²) in [5.74, 6) is 0.523. The number of amides is 2. The van der Waals surface area contributed by atoms with Gasteiger partial charge in [0.05, 0.1) is 7.11 Å². The Labute approximate surface area is 158 Å². The van der Waals surface area contributed by atoms with Crippen molar-refractivity contribution in [1.29, 1.82) is 0 Å². The largest absolute Gasteiger partial charge is 0.493 e. The molecule has 2 amide bonds. The number of carbonyl (C=O) groups excluding carboxylic acids is 2. The molecule has 0 aliphatic carbocycles. The summed E-state index contributed by atoms with van der Waals surface area (Å²) in [6.45, 7) is 1.08. The van der Waals surface area contributed by atoms with Crippen molar-refractivity contribution in [2.45, 2.75) is 13.0 Å². The number of ether oxygens (including phenoxy) is 2. The van der Waals surface area contributed by atoms with Gasteiger partial charge in [0.2, 0.25) is 0 Å². The molecule has 1 heterocycles. The maximum absolute atomic E-state index is 12.2. The molecule has 0 radical (unpaired) electrons. The summed E-state index contributed by atoms with van der Waals surface area (Å²) in [4.78, 5) is 24.8. The average Bonchev–Trinajstić information content (AvgIpc) is 2.67. The summed E-state index contributed by atoms with van der Waals surface area (Å²) >= 11 is 0. The van der Waals surface area contributed by atoms with Gasteiger partial charge in [0.15, 0.2) is 18.1 Å². The average molecular weight is 369 g/mol. The van der Waals surface area contributed by atoms with E-state index in [1.54, 1.807) is 11.0 Å². The SMILES string of the molecule is COc1ccc(CNc2ccc3c(c2)CCN(C)C3=O)cc1OCC(N)=O. The molecule has 7 heteroatoms. The highest BCUT2D eigenvalue weighted by molar-refractivity contribution is 5.97. The van der Waals surface area contributed by atoms with Crippen LogP contribution in [0.25, 0.3) is 0 Å². The van der Waals surface area contributed by atoms with Crippen molar-refractivity contribution >= 4 is 17.5 Å². The van der Waals surface area contributed by atoms with Gasteiger partial charge in [-0.05, 0) is 47.9 Å². The molecule has 2 aromatic carbocycles. The number of anilines is 1. The third-order valence-electron chi connectivity index (χ3n) is 4.49. The molecule has 0 atom stereocenters. The number of nitrogens with two attached hydrogens (primary N) is 1. The molecule has 3 N–H and O–H groups in total. The first-order valence-corrected chi connectivity index (χ1v) is 8.68. The summed E-state index contributed by atoms with van der Waals surface area (Å²) in [6.07, 6.45) is 0.848. The van der Waals surface area contributed by atoms with E-state index in [9.17, 15) is 9.59 Å². The summed E-state index contributed by atoms with van der Waals surface area (Å²) in [7, 11) is 3.36. The molecular weight excluding hydrogens is 346 g/mol. The van der Waals surface area contributed by atoms with E-state index in [0.717, 1.165) is 35.3 Å². The first kappa shape index (κ1) is 18.6. The van der Waals surface area contributed by atoms with Crippen molar-refractivity contribution in [2.24, 2.45) is 5.73 Å². The molecular formula is C20H23N3O4. The molecule has 27 heavy (non-hydrogen) atoms. The molecule has 3 rings (SSSR count). The van der Waals surface area contributed by atoms with E-state index >= 15 is 0 Å². The number of primary amides is 1. The summed E-state index contributed by atoms with van der Waals surface area (Å²) in [6, 6.07) is 11.3. The van der Waals surface area contributed by atoms with E-state index in [0.29, 0.717) is 18.0 Å². The zero-order chi connectivity index (χ0) is 19.4. The molecule has 1 aliphatic rings. The predicted molar refractivity (Wildman–Crippen MR) is 102 cm³/mol. The highest BCUT2D eigenvalue weighted by Gasteiger charge is 2.21. The Hall–Kier alpha value is -3.22. The molecule has 0 aromatic heterocycles. The molecule has 0 fully saturated rings. The van der Waals surface area contributed by atoms with Gasteiger partial charge in [0, 0.05) is 31.4 Å². The quantitative estimate of drug-likeness (QED) is 0.776. The van der Waals surface area contributed by atoms with E-state index in [-0.39, 0.29) is 12.5 Å². The lowest BCUT2D eigenvalue weighted by Crippen LogP contribution is -2.34. The third kappa shape index (κ3) is 4.31. The summed E-state index contributed by atoms with van der Waals surface area (Å²) in [5, 5.41) is 3.35. The smallest absolute Gasteiger partial charge is 0.255 e. The fourth-order valence-corrected chi connectivity index (χ4v) is 3.01. The van der Waals surface area contributed by atoms with Gasteiger partial charge in [-0.25, -0.2) is 0 Å². The van der Waals surface area contributed by atoms with Crippen molar-refractivity contribution < 1.29 is 19.1 Å². The van der Waals surface area contributed by atoms with Crippen molar-refractivity contribution in [3.05, 3.63) is 53.1 Å². The lowest BCUT2D eigenvalue weighted by molar-refractivity contribution is -0.119. The first-order chi connectivity index (χ1) is 13.0. The van der Waals surface area contributed by atoms with Crippen molar-refractivity contribution in [1.82, 2.24) is 4.90 Å². The molecule has 142 valence electrons. The number of hydrogen-bond donors (Lipinski definition) is 2. The van der Waals surface area contributed by atoms with E-state index in [2.05, 4.69) is 5.32 Å². The van der Waals surface area contributed by atoms with Crippen LogP contribution in [0.4, 0.5) is 5.69 Å². The van der Waals surface area contributed by atoms with Crippen LogP contribution in [0.5, 0.6) is 11.5 Å². The lowest BCUT2D eigenvalue weighted by atomic mass is 9.98. The minimum Gasteiger partial charge on any atom is -0.493 e. The number of benzene rings is 2. The van der Waals surface area contributed by atoms with Crippen LogP contribution in [-0.4, -0.2) is 44.0 Å². The highest BCUT2D eigenvalue weighted by atomic mass is 16.5. The van der Waals surface area contributed by atoms with Gasteiger partial charge in [-0.2, -0.15) is 0 Å². The fraction of sp³-hybridized carbons (Fsp3) is 0.300. The van der Waals surface area contributed by atoms with Crippen LogP contribution in [0.15, 0.2) is 36.4 Å². The van der Waals surface area contributed by atoms with E-state index in [1.165, 1.54) is 7.11 Å². The minimum absolute atomic E-state index is 0.0641. The van der Waals surface area contributed by atoms with Crippen LogP contribution in [0.3, 0.4) is 0 Å². The number of rotatable bonds is 7. The predicted octanol–water partition coefficient (Wildman–Crippen LogP) is 1.80. The van der Waals surface area contributed by atoms with Gasteiger partial charge < -0.3 is 25.4 Å². The number of methoxy groups -OCH3 is 1. The Morgan fingerprint density at radius 1 is 1.22 bits per heavy atom. The monoisotopic (exact) mass is 369 g/mol. The van der Waals surface area contributed by atoms with Crippen LogP contribution >= 0.6 is 0 Å². The number of nitrogens with one attached hydrogen (secondary N) is 1. The Balaban J connectivity index is 1.70. The van der Waals surface area contributed by atoms with Gasteiger partial charge in [-0.15, -0.1) is 0 Å². The second-order valence-corrected chi connectivity index (χ2v) is 6.44. The van der Waals surface area contributed by atoms with Gasteiger partial charge in [0.1, 0.15) is 0 Å². The zero-order valence-corrected chi connectivity index (χ0v) is 15.5. The maximum atomic E-state index is 12.2. The summed E-state index contributed by atoms with van der Waals surface area (Å²) in [5.41, 5.74) is 8.87. The normalized spacial score (nSPS) is 13.1. The molecule has 0 bridgehead atoms. The number of nitrogens with zero attached hydrogens (tertiary/aromatic N) is 1. The van der Waals surface area contributed by atoms with Gasteiger partial charge in [-0.3, -0.25) is 9.59 Å². The molecule has 0 saturated heterocycles. The van der Waals surface area contributed by atoms with Crippen molar-refractivity contribution in [3.8, 4) is 11.5 Å². The van der Waals surface area contributed by atoms with Gasteiger partial charge in [0.25, 0.3) is 11.8 Å². The molecule has 7 nitrogen and oxygen atoms in total. The Morgan fingerprint density at radius 2 is 2.04 bits per heavy atom. The van der Waals surface area contributed by atoms with Crippen LogP contribution in [-0.2, 0) is 17.8 Å². The standard InChI is InChI=1S/C20H23N3O4/c1-23-8-7-14-10-15(4-5-16(14)20(23)25)22-11-13-3-6-17(26-2)18(9-13)27-12-19(21)24/h3-6,9-10,22H,7-8,11-12H2,1-2H3,(H2,21,24). The number of hydrogen-bond acceptors (Lipinski definition) is 5. The number of likely N-dealkylation sites (N-methyl/N-ethyl adjacent to an activating group) is 1. The molecule has 0 saturated carbocycles. The van der Waals surface area contributed by atoms with Crippen LogP contribution in [0.2, 0.25) is 0 Å². The topological polar surface area (TPSA) is 93.9 Å². The molecule has 0 unspecified atom stereocenters. The second-order valence-electron chi connectivity index (χ2n) is 6.44. The fourth-order valence-electron chi connectivity index (χ4n) is 3.01. The van der Waals surface area contributed by atoms with Crippen LogP contribution < -0.4 is 20.5 Å². The Morgan fingerprint density at radius 3 is 2.78 bits per heavy atom. The minimum atomic E-state index is -0.546. The number of carbonyl (C=O) groups is 2. The third-order valence-corrected chi connectivity index (χ3v) is 4.49. The van der Waals surface area contributed by atoms with Crippen LogP contribution in [0, 0.1) is 0 Å². The van der Waals surface area contributed by atoms with E-state index in [1.807, 2.05) is 37.4 Å². The van der Waals surface area contributed by atoms with Crippen molar-refractivity contribution in [3.63, 3.8) is 0 Å². The summed E-state index contributed by atoms with van der Waals surface area (Å²) < 4.78 is 10.7. The Kier molecular flexibility index (Phi) is 5.49. The van der Waals surface area contributed by atoms with Crippen molar-refractivity contribution in [2.75, 3.05) is 32.6 Å². The highest BCUT2D eigenvalue weighted by Crippen LogP contribution is 2.29. The number of fused-ring (bicyclic) bond motifs is 1. The van der Waals surface area contributed by atoms with E-state index < -0.39 is 5.91 Å². The van der Waals surface area contributed by atoms with Gasteiger partial charge in [-0.1, -0.05) is 6.07 Å². The maximum Gasteiger partial charge on any atom is 0.255 e. The van der Waals surface area contributed by atoms with E-state index in [4.69, 9.17) is 15.2 Å². The zero-order valence-electron chi connectivity index (χ0n) is 15.5. The molecule has 2 aromatic rings. The first-order valence-electron chi connectivity index (χ1n) is 8.68. The molecule has 0 spiro atoms. The lowest BCUT2D eigenvalue weighted by Gasteiger charge is -2.25. The van der Waals surface area contributed by atoms with Crippen LogP contribution in [0.1, 0.15) is 21.5 Å².